The van der Waals surface area contributed by atoms with Crippen molar-refractivity contribution in [3.63, 3.8) is 0 Å². The van der Waals surface area contributed by atoms with Crippen molar-refractivity contribution >= 4 is 33.1 Å². The van der Waals surface area contributed by atoms with E-state index in [1.165, 1.54) is 62.2 Å². The molecule has 0 saturated carbocycles. The fourth-order valence-electron chi connectivity index (χ4n) is 4.24. The second kappa shape index (κ2) is 10.2. The van der Waals surface area contributed by atoms with Crippen LogP contribution >= 0.6 is 11.3 Å². The smallest absolute Gasteiger partial charge is 0.243 e. The number of sulfonamides is 1. The van der Waals surface area contributed by atoms with E-state index in [9.17, 15) is 18.0 Å². The molecule has 1 N–H and O–H groups in total. The molecule has 1 unspecified atom stereocenters. The fraction of sp³-hybridized carbons (Fsp3) is 0.308. The zero-order valence-electron chi connectivity index (χ0n) is 19.3. The van der Waals surface area contributed by atoms with Crippen LogP contribution in [0.3, 0.4) is 0 Å². The number of nitrogens with zero attached hydrogens (tertiary/aromatic N) is 1. The lowest BCUT2D eigenvalue weighted by atomic mass is 9.89. The Kier molecular flexibility index (Phi) is 7.30. The van der Waals surface area contributed by atoms with E-state index in [4.69, 9.17) is 0 Å². The van der Waals surface area contributed by atoms with Crippen LogP contribution in [0.15, 0.2) is 64.9 Å². The molecule has 34 heavy (non-hydrogen) atoms. The molecule has 1 atom stereocenters. The van der Waals surface area contributed by atoms with Crippen molar-refractivity contribution in [2.75, 3.05) is 13.6 Å². The minimum Gasteiger partial charge on any atom is -0.343 e. The van der Waals surface area contributed by atoms with Crippen LogP contribution < -0.4 is 5.32 Å². The third-order valence-corrected chi connectivity index (χ3v) is 8.93. The van der Waals surface area contributed by atoms with Crippen molar-refractivity contribution in [3.05, 3.63) is 87.1 Å². The van der Waals surface area contributed by atoms with Gasteiger partial charge in [0.05, 0.1) is 17.5 Å². The van der Waals surface area contributed by atoms with Crippen molar-refractivity contribution < 1.29 is 18.0 Å². The van der Waals surface area contributed by atoms with Gasteiger partial charge in [-0.1, -0.05) is 36.4 Å². The van der Waals surface area contributed by atoms with E-state index >= 15 is 0 Å². The molecule has 0 radical (unpaired) electrons. The number of amides is 1. The van der Waals surface area contributed by atoms with E-state index in [0.717, 1.165) is 27.6 Å². The lowest BCUT2D eigenvalue weighted by Crippen LogP contribution is -2.40. The Balaban J connectivity index is 1.51. The van der Waals surface area contributed by atoms with Crippen LogP contribution in [0.25, 0.3) is 0 Å². The molecule has 1 aliphatic rings. The number of hydrogen-bond donors (Lipinski definition) is 1. The molecule has 3 aromatic rings. The van der Waals surface area contributed by atoms with Gasteiger partial charge in [0, 0.05) is 17.5 Å². The Morgan fingerprint density at radius 3 is 2.38 bits per heavy atom. The van der Waals surface area contributed by atoms with Gasteiger partial charge in [-0.3, -0.25) is 9.59 Å². The van der Waals surface area contributed by atoms with Crippen LogP contribution in [-0.2, 0) is 27.7 Å². The molecule has 0 fully saturated rings. The number of fused-ring (bicyclic) bond motifs is 1. The zero-order chi connectivity index (χ0) is 24.3. The maximum Gasteiger partial charge on any atom is 0.243 e. The average Bonchev–Trinajstić information content (AvgIpc) is 3.37. The summed E-state index contributed by atoms with van der Waals surface area (Å²) in [5.41, 5.74) is 4.13. The van der Waals surface area contributed by atoms with E-state index in [2.05, 4.69) is 23.5 Å². The van der Waals surface area contributed by atoms with Crippen LogP contribution in [0.4, 0.5) is 0 Å². The highest BCUT2D eigenvalue weighted by molar-refractivity contribution is 7.89. The molecule has 178 valence electrons. The van der Waals surface area contributed by atoms with Crippen LogP contribution in [0.5, 0.6) is 0 Å². The van der Waals surface area contributed by atoms with Gasteiger partial charge in [0.15, 0.2) is 5.78 Å². The highest BCUT2D eigenvalue weighted by Crippen LogP contribution is 2.30. The molecule has 1 aliphatic carbocycles. The molecule has 0 spiro atoms. The van der Waals surface area contributed by atoms with Gasteiger partial charge in [-0.05, 0) is 72.9 Å². The number of nitrogens with one attached hydrogen (secondary N) is 1. The van der Waals surface area contributed by atoms with Crippen molar-refractivity contribution in [1.29, 1.82) is 0 Å². The van der Waals surface area contributed by atoms with Gasteiger partial charge in [-0.2, -0.15) is 4.31 Å². The van der Waals surface area contributed by atoms with Crippen molar-refractivity contribution in [2.24, 2.45) is 0 Å². The number of rotatable bonds is 8. The Hall–Kier alpha value is -2.81. The standard InChI is InChI=1S/C26H28N2O4S2/c1-18(29)19-11-13-23(14-12-19)34(31,32)28(2)17-25(30)27-26(24-8-5-15-33-24)22-10-9-20-6-3-4-7-21(20)16-22/h5,8-16,26H,3-4,6-7,17H2,1-2H3,(H,27,30). The maximum atomic E-state index is 13.0. The topological polar surface area (TPSA) is 83.6 Å². The van der Waals surface area contributed by atoms with Gasteiger partial charge >= 0.3 is 0 Å². The van der Waals surface area contributed by atoms with Crippen LogP contribution in [0, 0.1) is 0 Å². The molecule has 0 aliphatic heterocycles. The van der Waals surface area contributed by atoms with E-state index in [0.29, 0.717) is 5.56 Å². The molecule has 0 saturated heterocycles. The van der Waals surface area contributed by atoms with Crippen LogP contribution in [0.1, 0.15) is 57.7 Å². The molecule has 1 amide bonds. The van der Waals surface area contributed by atoms with Crippen LogP contribution in [0.2, 0.25) is 0 Å². The lowest BCUT2D eigenvalue weighted by Gasteiger charge is -2.23. The summed E-state index contributed by atoms with van der Waals surface area (Å²) in [6, 6.07) is 15.7. The first-order valence-corrected chi connectivity index (χ1v) is 13.6. The third kappa shape index (κ3) is 5.29. The van der Waals surface area contributed by atoms with Crippen molar-refractivity contribution in [3.8, 4) is 0 Å². The van der Waals surface area contributed by atoms with Crippen molar-refractivity contribution in [2.45, 2.75) is 43.5 Å². The zero-order valence-corrected chi connectivity index (χ0v) is 20.9. The normalized spacial score (nSPS) is 14.4. The summed E-state index contributed by atoms with van der Waals surface area (Å²) < 4.78 is 26.9. The quantitative estimate of drug-likeness (QED) is 0.470. The molecule has 1 aromatic heterocycles. The summed E-state index contributed by atoms with van der Waals surface area (Å²) >= 11 is 1.56. The second-order valence-corrected chi connectivity index (χ2v) is 11.6. The summed E-state index contributed by atoms with van der Waals surface area (Å²) in [5.74, 6) is -0.527. The van der Waals surface area contributed by atoms with E-state index in [-0.39, 0.29) is 29.2 Å². The van der Waals surface area contributed by atoms with Gasteiger partial charge in [0.2, 0.25) is 15.9 Å². The fourth-order valence-corrected chi connectivity index (χ4v) is 6.17. The predicted molar refractivity (Wildman–Crippen MR) is 134 cm³/mol. The summed E-state index contributed by atoms with van der Waals surface area (Å²) in [6.07, 6.45) is 4.50. The third-order valence-electron chi connectivity index (χ3n) is 6.17. The lowest BCUT2D eigenvalue weighted by molar-refractivity contribution is -0.121. The highest BCUT2D eigenvalue weighted by atomic mass is 32.2. The number of thiophene rings is 1. The van der Waals surface area contributed by atoms with Crippen LogP contribution in [-0.4, -0.2) is 38.0 Å². The molecule has 6 nitrogen and oxygen atoms in total. The maximum absolute atomic E-state index is 13.0. The summed E-state index contributed by atoms with van der Waals surface area (Å²) in [7, 11) is -2.50. The molecular weight excluding hydrogens is 468 g/mol. The first-order chi connectivity index (χ1) is 16.3. The monoisotopic (exact) mass is 496 g/mol. The Bertz CT molecular complexity index is 1280. The van der Waals surface area contributed by atoms with E-state index < -0.39 is 10.0 Å². The SMILES string of the molecule is CC(=O)c1ccc(S(=O)(=O)N(C)CC(=O)NC(c2ccc3c(c2)CCCC3)c2cccs2)cc1. The van der Waals surface area contributed by atoms with Gasteiger partial charge < -0.3 is 5.32 Å². The van der Waals surface area contributed by atoms with E-state index in [1.54, 1.807) is 11.3 Å². The largest absolute Gasteiger partial charge is 0.343 e. The molecule has 2 aromatic carbocycles. The number of Topliss-reactive ketones (excluding diaryl/α,β-unsaturated/α-hetero) is 1. The number of hydrogen-bond acceptors (Lipinski definition) is 5. The first kappa shape index (κ1) is 24.3. The second-order valence-electron chi connectivity index (χ2n) is 8.59. The average molecular weight is 497 g/mol. The van der Waals surface area contributed by atoms with Gasteiger partial charge in [0.25, 0.3) is 0 Å². The summed E-state index contributed by atoms with van der Waals surface area (Å²) in [4.78, 5) is 25.5. The molecule has 4 rings (SSSR count). The molecule has 0 bridgehead atoms. The number of carbonyl (C=O) groups excluding carboxylic acids is 2. The summed E-state index contributed by atoms with van der Waals surface area (Å²) in [6.45, 7) is 1.11. The first-order valence-electron chi connectivity index (χ1n) is 11.3. The number of ketones is 1. The number of carbonyl (C=O) groups is 2. The van der Waals surface area contributed by atoms with Gasteiger partial charge in [-0.15, -0.1) is 11.3 Å². The molecule has 8 heteroatoms. The Morgan fingerprint density at radius 2 is 1.74 bits per heavy atom. The minimum atomic E-state index is -3.88. The number of benzene rings is 2. The highest BCUT2D eigenvalue weighted by Gasteiger charge is 2.26. The summed E-state index contributed by atoms with van der Waals surface area (Å²) in [5, 5.41) is 5.01. The minimum absolute atomic E-state index is 0.0392. The Labute approximate surface area is 204 Å². The van der Waals surface area contributed by atoms with Gasteiger partial charge in [-0.25, -0.2) is 8.42 Å². The number of aryl methyl sites for hydroxylation is 2. The van der Waals surface area contributed by atoms with Gasteiger partial charge in [0.1, 0.15) is 0 Å². The Morgan fingerprint density at radius 1 is 1.03 bits per heavy atom. The van der Waals surface area contributed by atoms with Crippen molar-refractivity contribution in [1.82, 2.24) is 9.62 Å². The number of likely N-dealkylation sites (N-methyl/N-ethyl adjacent to an activating group) is 1. The predicted octanol–water partition coefficient (Wildman–Crippen LogP) is 4.36. The molecular formula is C26H28N2O4S2. The van der Waals surface area contributed by atoms with E-state index in [1.807, 2.05) is 17.5 Å². The molecule has 1 heterocycles.